The van der Waals surface area contributed by atoms with Crippen LogP contribution in [0.15, 0.2) is 24.3 Å². The zero-order valence-electron chi connectivity index (χ0n) is 11.8. The summed E-state index contributed by atoms with van der Waals surface area (Å²) in [6.45, 7) is 2.11. The van der Waals surface area contributed by atoms with E-state index in [1.165, 1.54) is 24.8 Å². The van der Waals surface area contributed by atoms with Crippen molar-refractivity contribution in [3.05, 3.63) is 29.8 Å². The molecule has 0 spiro atoms. The van der Waals surface area contributed by atoms with E-state index >= 15 is 0 Å². The van der Waals surface area contributed by atoms with Gasteiger partial charge in [-0.15, -0.1) is 0 Å². The summed E-state index contributed by atoms with van der Waals surface area (Å²) < 4.78 is 0. The summed E-state index contributed by atoms with van der Waals surface area (Å²) >= 11 is 0. The first-order valence-corrected chi connectivity index (χ1v) is 6.72. The zero-order valence-corrected chi connectivity index (χ0v) is 11.8. The van der Waals surface area contributed by atoms with Crippen LogP contribution in [-0.4, -0.2) is 43.0 Å². The molecule has 0 atom stereocenters. The second kappa shape index (κ2) is 5.29. The molecule has 1 fully saturated rings. The van der Waals surface area contributed by atoms with E-state index in [4.69, 9.17) is 5.73 Å². The van der Waals surface area contributed by atoms with Gasteiger partial charge in [0.05, 0.1) is 0 Å². The Morgan fingerprint density at radius 3 is 2.44 bits per heavy atom. The summed E-state index contributed by atoms with van der Waals surface area (Å²) in [5.41, 5.74) is 8.37. The third-order valence-corrected chi connectivity index (χ3v) is 4.20. The molecule has 3 heteroatoms. The second-order valence-electron chi connectivity index (χ2n) is 5.89. The Labute approximate surface area is 111 Å². The third-order valence-electron chi connectivity index (χ3n) is 4.20. The highest BCUT2D eigenvalue weighted by atomic mass is 15.2. The zero-order chi connectivity index (χ0) is 13.2. The van der Waals surface area contributed by atoms with Gasteiger partial charge in [-0.05, 0) is 58.1 Å². The van der Waals surface area contributed by atoms with E-state index in [1.54, 1.807) is 0 Å². The van der Waals surface area contributed by atoms with Crippen LogP contribution >= 0.6 is 0 Å². The van der Waals surface area contributed by atoms with Gasteiger partial charge in [-0.2, -0.15) is 0 Å². The van der Waals surface area contributed by atoms with Gasteiger partial charge in [-0.25, -0.2) is 0 Å². The van der Waals surface area contributed by atoms with Crippen LogP contribution in [0, 0.1) is 0 Å². The molecule has 1 aliphatic rings. The molecule has 1 aromatic carbocycles. The molecule has 2 N–H and O–H groups in total. The molecule has 0 radical (unpaired) electrons. The number of nitrogens with zero attached hydrogens (tertiary/aromatic N) is 2. The average molecular weight is 247 g/mol. The van der Waals surface area contributed by atoms with Gasteiger partial charge < -0.3 is 15.5 Å². The van der Waals surface area contributed by atoms with Gasteiger partial charge in [-0.3, -0.25) is 0 Å². The Balaban J connectivity index is 1.94. The molecule has 0 amide bonds. The Morgan fingerprint density at radius 1 is 1.22 bits per heavy atom. The molecular formula is C15H25N3. The minimum atomic E-state index is 0.398. The van der Waals surface area contributed by atoms with Gasteiger partial charge in [-0.1, -0.05) is 12.1 Å². The summed E-state index contributed by atoms with van der Waals surface area (Å²) in [5, 5.41) is 0. The van der Waals surface area contributed by atoms with Crippen LogP contribution in [0.25, 0.3) is 0 Å². The van der Waals surface area contributed by atoms with Crippen molar-refractivity contribution in [2.45, 2.75) is 31.3 Å². The lowest BCUT2D eigenvalue weighted by molar-refractivity contribution is 0.0259. The number of hydrogen-bond acceptors (Lipinski definition) is 3. The SMILES string of the molecule is CN(Cc1cccc(N)c1)CC1(N(C)C)CCC1. The van der Waals surface area contributed by atoms with E-state index in [9.17, 15) is 0 Å². The van der Waals surface area contributed by atoms with Crippen LogP contribution < -0.4 is 5.73 Å². The lowest BCUT2D eigenvalue weighted by Crippen LogP contribution is -2.56. The standard InChI is InChI=1S/C15H25N3/c1-17(2)15(8-5-9-15)12-18(3)11-13-6-4-7-14(16)10-13/h4,6-7,10H,5,8-9,11-12,16H2,1-3H3. The quantitative estimate of drug-likeness (QED) is 0.810. The van der Waals surface area contributed by atoms with Crippen molar-refractivity contribution in [2.24, 2.45) is 0 Å². The summed E-state index contributed by atoms with van der Waals surface area (Å²) in [6, 6.07) is 8.19. The topological polar surface area (TPSA) is 32.5 Å². The molecule has 0 heterocycles. The van der Waals surface area contributed by atoms with Crippen molar-refractivity contribution in [3.63, 3.8) is 0 Å². The molecule has 100 valence electrons. The highest BCUT2D eigenvalue weighted by Gasteiger charge is 2.39. The minimum Gasteiger partial charge on any atom is -0.399 e. The fourth-order valence-electron chi connectivity index (χ4n) is 2.89. The highest BCUT2D eigenvalue weighted by molar-refractivity contribution is 5.40. The van der Waals surface area contributed by atoms with Gasteiger partial charge in [0.1, 0.15) is 0 Å². The fourth-order valence-corrected chi connectivity index (χ4v) is 2.89. The number of hydrogen-bond donors (Lipinski definition) is 1. The van der Waals surface area contributed by atoms with Gasteiger partial charge >= 0.3 is 0 Å². The molecular weight excluding hydrogens is 222 g/mol. The van der Waals surface area contributed by atoms with Crippen molar-refractivity contribution < 1.29 is 0 Å². The van der Waals surface area contributed by atoms with Crippen LogP contribution in [0.5, 0.6) is 0 Å². The highest BCUT2D eigenvalue weighted by Crippen LogP contribution is 2.36. The van der Waals surface area contributed by atoms with Crippen molar-refractivity contribution >= 4 is 5.69 Å². The molecule has 0 aromatic heterocycles. The van der Waals surface area contributed by atoms with Crippen LogP contribution in [0.2, 0.25) is 0 Å². The van der Waals surface area contributed by atoms with E-state index in [-0.39, 0.29) is 0 Å². The van der Waals surface area contributed by atoms with E-state index in [0.29, 0.717) is 5.54 Å². The van der Waals surface area contributed by atoms with Gasteiger partial charge in [0.15, 0.2) is 0 Å². The van der Waals surface area contributed by atoms with E-state index in [1.807, 2.05) is 12.1 Å². The predicted octanol–water partition coefficient (Wildman–Crippen LogP) is 2.18. The average Bonchev–Trinajstić information content (AvgIpc) is 2.23. The normalized spacial score (nSPS) is 18.1. The molecule has 0 unspecified atom stereocenters. The number of rotatable bonds is 5. The van der Waals surface area contributed by atoms with Gasteiger partial charge in [0.25, 0.3) is 0 Å². The number of likely N-dealkylation sites (N-methyl/N-ethyl adjacent to an activating group) is 2. The third kappa shape index (κ3) is 2.85. The molecule has 1 saturated carbocycles. The smallest absolute Gasteiger partial charge is 0.0330 e. The maximum Gasteiger partial charge on any atom is 0.0330 e. The number of anilines is 1. The molecule has 1 aromatic rings. The van der Waals surface area contributed by atoms with Crippen LogP contribution in [0.3, 0.4) is 0 Å². The molecule has 18 heavy (non-hydrogen) atoms. The molecule has 3 nitrogen and oxygen atoms in total. The van der Waals surface area contributed by atoms with E-state index < -0.39 is 0 Å². The lowest BCUT2D eigenvalue weighted by atomic mass is 9.75. The van der Waals surface area contributed by atoms with Crippen molar-refractivity contribution in [1.29, 1.82) is 0 Å². The van der Waals surface area contributed by atoms with Crippen molar-refractivity contribution in [2.75, 3.05) is 33.4 Å². The number of nitrogens with two attached hydrogens (primary N) is 1. The number of benzene rings is 1. The molecule has 0 bridgehead atoms. The van der Waals surface area contributed by atoms with E-state index in [0.717, 1.165) is 18.8 Å². The maximum atomic E-state index is 5.82. The minimum absolute atomic E-state index is 0.398. The fraction of sp³-hybridized carbons (Fsp3) is 0.600. The summed E-state index contributed by atoms with van der Waals surface area (Å²) in [4.78, 5) is 4.81. The maximum absolute atomic E-state index is 5.82. The summed E-state index contributed by atoms with van der Waals surface area (Å²) in [7, 11) is 6.60. The Hall–Kier alpha value is -1.06. The van der Waals surface area contributed by atoms with Crippen molar-refractivity contribution in [3.8, 4) is 0 Å². The molecule has 0 saturated heterocycles. The lowest BCUT2D eigenvalue weighted by Gasteiger charge is -2.49. The predicted molar refractivity (Wildman–Crippen MR) is 77.5 cm³/mol. The Kier molecular flexibility index (Phi) is 3.93. The first-order chi connectivity index (χ1) is 8.52. The number of nitrogen functional groups attached to an aromatic ring is 1. The summed E-state index contributed by atoms with van der Waals surface area (Å²) in [5.74, 6) is 0. The second-order valence-corrected chi connectivity index (χ2v) is 5.89. The van der Waals surface area contributed by atoms with Gasteiger partial charge in [0.2, 0.25) is 0 Å². The van der Waals surface area contributed by atoms with E-state index in [2.05, 4.69) is 43.1 Å². The van der Waals surface area contributed by atoms with Gasteiger partial charge in [0, 0.05) is 24.3 Å². The Bertz CT molecular complexity index is 396. The molecule has 2 rings (SSSR count). The first kappa shape index (κ1) is 13.4. The Morgan fingerprint density at radius 2 is 1.94 bits per heavy atom. The molecule has 1 aliphatic carbocycles. The largest absolute Gasteiger partial charge is 0.399 e. The van der Waals surface area contributed by atoms with Crippen molar-refractivity contribution in [1.82, 2.24) is 9.80 Å². The summed E-state index contributed by atoms with van der Waals surface area (Å²) in [6.07, 6.45) is 4.01. The molecule has 0 aliphatic heterocycles. The monoisotopic (exact) mass is 247 g/mol. The van der Waals surface area contributed by atoms with Crippen LogP contribution in [-0.2, 0) is 6.54 Å². The first-order valence-electron chi connectivity index (χ1n) is 6.72. The van der Waals surface area contributed by atoms with Crippen LogP contribution in [0.4, 0.5) is 5.69 Å². The van der Waals surface area contributed by atoms with Crippen LogP contribution in [0.1, 0.15) is 24.8 Å².